The highest BCUT2D eigenvalue weighted by molar-refractivity contribution is 5.95. The van der Waals surface area contributed by atoms with Gasteiger partial charge in [0, 0.05) is 50.0 Å². The molecule has 3 atom stereocenters. The topological polar surface area (TPSA) is 64.1 Å². The molecule has 1 aromatic rings. The van der Waals surface area contributed by atoms with Crippen molar-refractivity contribution in [2.75, 3.05) is 37.6 Å². The predicted molar refractivity (Wildman–Crippen MR) is 125 cm³/mol. The highest BCUT2D eigenvalue weighted by Gasteiger charge is 2.36. The van der Waals surface area contributed by atoms with E-state index in [1.54, 1.807) is 0 Å². The predicted octanol–water partition coefficient (Wildman–Crippen LogP) is 3.29. The first-order valence-corrected chi connectivity index (χ1v) is 12.7. The lowest BCUT2D eigenvalue weighted by atomic mass is 9.78. The van der Waals surface area contributed by atoms with E-state index in [-0.39, 0.29) is 23.8 Å². The second-order valence-electron chi connectivity index (χ2n) is 10.3. The van der Waals surface area contributed by atoms with Crippen LogP contribution in [0.3, 0.4) is 0 Å². The molecular formula is C26H37N3O3. The Labute approximate surface area is 191 Å². The van der Waals surface area contributed by atoms with E-state index in [9.17, 15) is 14.7 Å². The van der Waals surface area contributed by atoms with Crippen molar-refractivity contribution in [2.45, 2.75) is 69.9 Å². The fourth-order valence-corrected chi connectivity index (χ4v) is 6.40. The van der Waals surface area contributed by atoms with Gasteiger partial charge in [0.1, 0.15) is 0 Å². The van der Waals surface area contributed by atoms with Crippen LogP contribution in [0.15, 0.2) is 24.3 Å². The second kappa shape index (κ2) is 9.42. The molecule has 3 aliphatic heterocycles. The molecule has 0 bridgehead atoms. The quantitative estimate of drug-likeness (QED) is 0.785. The first kappa shape index (κ1) is 21.7. The Kier molecular flexibility index (Phi) is 6.40. The molecule has 174 valence electrons. The minimum absolute atomic E-state index is 0.0307. The maximum atomic E-state index is 13.3. The summed E-state index contributed by atoms with van der Waals surface area (Å²) in [6, 6.07) is 8.50. The number of likely N-dealkylation sites (tertiary alicyclic amines) is 2. The van der Waals surface area contributed by atoms with Crippen molar-refractivity contribution in [2.24, 2.45) is 11.8 Å². The number of rotatable bonds is 3. The van der Waals surface area contributed by atoms with Gasteiger partial charge in [0.25, 0.3) is 5.91 Å². The lowest BCUT2D eigenvalue weighted by molar-refractivity contribution is -0.136. The van der Waals surface area contributed by atoms with Gasteiger partial charge in [0.15, 0.2) is 0 Å². The molecule has 1 saturated carbocycles. The molecule has 6 nitrogen and oxygen atoms in total. The Morgan fingerprint density at radius 2 is 1.53 bits per heavy atom. The molecule has 1 aromatic carbocycles. The van der Waals surface area contributed by atoms with E-state index in [1.807, 2.05) is 17.0 Å². The van der Waals surface area contributed by atoms with Crippen molar-refractivity contribution in [1.29, 1.82) is 0 Å². The minimum atomic E-state index is -0.255. The van der Waals surface area contributed by atoms with Gasteiger partial charge in [-0.1, -0.05) is 12.8 Å². The van der Waals surface area contributed by atoms with Crippen LogP contribution in [0, 0.1) is 11.8 Å². The molecule has 3 heterocycles. The normalized spacial score (nSPS) is 29.2. The third kappa shape index (κ3) is 4.39. The number of piperidine rings is 2. The number of carbonyl (C=O) groups excluding carboxylic acids is 2. The summed E-state index contributed by atoms with van der Waals surface area (Å²) >= 11 is 0. The number of aliphatic hydroxyl groups is 1. The third-order valence-electron chi connectivity index (χ3n) is 8.30. The van der Waals surface area contributed by atoms with E-state index in [1.165, 1.54) is 25.7 Å². The lowest BCUT2D eigenvalue weighted by Crippen LogP contribution is -2.49. The van der Waals surface area contributed by atoms with Gasteiger partial charge in [-0.3, -0.25) is 9.59 Å². The summed E-state index contributed by atoms with van der Waals surface area (Å²) in [6.07, 6.45) is 9.41. The van der Waals surface area contributed by atoms with Gasteiger partial charge in [-0.25, -0.2) is 0 Å². The number of benzene rings is 1. The van der Waals surface area contributed by atoms with Gasteiger partial charge in [0.05, 0.1) is 12.0 Å². The Bertz CT molecular complexity index is 816. The van der Waals surface area contributed by atoms with Crippen molar-refractivity contribution in [1.82, 2.24) is 9.80 Å². The number of amides is 2. The molecule has 2 amide bonds. The third-order valence-corrected chi connectivity index (χ3v) is 8.30. The average Bonchev–Trinajstić information content (AvgIpc) is 3.34. The van der Waals surface area contributed by atoms with Gasteiger partial charge in [-0.2, -0.15) is 0 Å². The number of fused-ring (bicyclic) bond motifs is 1. The lowest BCUT2D eigenvalue weighted by Gasteiger charge is -2.44. The van der Waals surface area contributed by atoms with Crippen molar-refractivity contribution < 1.29 is 14.7 Å². The Morgan fingerprint density at radius 3 is 2.31 bits per heavy atom. The zero-order valence-corrected chi connectivity index (χ0v) is 19.1. The number of hydrogen-bond acceptors (Lipinski definition) is 4. The number of carbonyl (C=O) groups is 2. The summed E-state index contributed by atoms with van der Waals surface area (Å²) in [4.78, 5) is 32.5. The van der Waals surface area contributed by atoms with E-state index in [0.717, 1.165) is 50.1 Å². The van der Waals surface area contributed by atoms with Gasteiger partial charge >= 0.3 is 0 Å². The Hall–Kier alpha value is -2.08. The van der Waals surface area contributed by atoms with Crippen LogP contribution >= 0.6 is 0 Å². The largest absolute Gasteiger partial charge is 0.393 e. The van der Waals surface area contributed by atoms with Gasteiger partial charge in [-0.15, -0.1) is 0 Å². The van der Waals surface area contributed by atoms with E-state index in [0.29, 0.717) is 37.9 Å². The standard InChI is InChI=1S/C26H37N3O3/c30-23-12-16-27(17-13-23)25(31)21-11-15-28(18-21)22-9-7-20(8-10-22)26(32)29-14-3-5-19-4-1-2-6-24(19)29/h7-10,19,21,23-24,30H,1-6,11-18H2. The molecule has 0 radical (unpaired) electrons. The van der Waals surface area contributed by atoms with Crippen molar-refractivity contribution in [3.05, 3.63) is 29.8 Å². The smallest absolute Gasteiger partial charge is 0.254 e. The second-order valence-corrected chi connectivity index (χ2v) is 10.3. The number of anilines is 1. The monoisotopic (exact) mass is 439 g/mol. The maximum absolute atomic E-state index is 13.3. The first-order chi connectivity index (χ1) is 15.6. The Morgan fingerprint density at radius 1 is 0.812 bits per heavy atom. The fourth-order valence-electron chi connectivity index (χ4n) is 6.40. The van der Waals surface area contributed by atoms with E-state index >= 15 is 0 Å². The number of aliphatic hydroxyl groups excluding tert-OH is 1. The molecule has 4 aliphatic rings. The molecule has 0 aromatic heterocycles. The molecule has 4 fully saturated rings. The van der Waals surface area contributed by atoms with Gasteiger partial charge in [0.2, 0.25) is 5.91 Å². The summed E-state index contributed by atoms with van der Waals surface area (Å²) in [5.41, 5.74) is 1.89. The summed E-state index contributed by atoms with van der Waals surface area (Å²) in [5.74, 6) is 1.15. The fraction of sp³-hybridized carbons (Fsp3) is 0.692. The molecule has 6 heteroatoms. The van der Waals surface area contributed by atoms with Crippen LogP contribution in [-0.2, 0) is 4.79 Å². The van der Waals surface area contributed by atoms with Crippen LogP contribution in [0.1, 0.15) is 68.1 Å². The van der Waals surface area contributed by atoms with Crippen molar-refractivity contribution >= 4 is 17.5 Å². The molecule has 32 heavy (non-hydrogen) atoms. The van der Waals surface area contributed by atoms with Crippen molar-refractivity contribution in [3.63, 3.8) is 0 Å². The molecule has 5 rings (SSSR count). The number of nitrogens with zero attached hydrogens (tertiary/aromatic N) is 3. The summed E-state index contributed by atoms with van der Waals surface area (Å²) in [5, 5.41) is 9.69. The van der Waals surface area contributed by atoms with Gasteiger partial charge in [-0.05, 0) is 75.1 Å². The summed E-state index contributed by atoms with van der Waals surface area (Å²) < 4.78 is 0. The molecule has 3 saturated heterocycles. The van der Waals surface area contributed by atoms with Crippen LogP contribution in [0.5, 0.6) is 0 Å². The van der Waals surface area contributed by atoms with E-state index < -0.39 is 0 Å². The first-order valence-electron chi connectivity index (χ1n) is 12.7. The summed E-state index contributed by atoms with van der Waals surface area (Å²) in [6.45, 7) is 3.85. The summed E-state index contributed by atoms with van der Waals surface area (Å²) in [7, 11) is 0. The minimum Gasteiger partial charge on any atom is -0.393 e. The van der Waals surface area contributed by atoms with E-state index in [4.69, 9.17) is 0 Å². The highest BCUT2D eigenvalue weighted by atomic mass is 16.3. The average molecular weight is 440 g/mol. The maximum Gasteiger partial charge on any atom is 0.254 e. The van der Waals surface area contributed by atoms with Crippen LogP contribution in [0.25, 0.3) is 0 Å². The zero-order valence-electron chi connectivity index (χ0n) is 19.1. The molecular weight excluding hydrogens is 402 g/mol. The van der Waals surface area contributed by atoms with Crippen LogP contribution in [0.2, 0.25) is 0 Å². The van der Waals surface area contributed by atoms with Crippen LogP contribution in [-0.4, -0.2) is 71.6 Å². The molecule has 3 unspecified atom stereocenters. The molecule has 1 N–H and O–H groups in total. The van der Waals surface area contributed by atoms with Crippen molar-refractivity contribution in [3.8, 4) is 0 Å². The van der Waals surface area contributed by atoms with Gasteiger partial charge < -0.3 is 19.8 Å². The Balaban J connectivity index is 1.19. The molecule has 0 spiro atoms. The number of hydrogen-bond donors (Lipinski definition) is 1. The van der Waals surface area contributed by atoms with Crippen LogP contribution in [0.4, 0.5) is 5.69 Å². The highest BCUT2D eigenvalue weighted by Crippen LogP contribution is 2.36. The van der Waals surface area contributed by atoms with Crippen LogP contribution < -0.4 is 4.90 Å². The zero-order chi connectivity index (χ0) is 22.1. The SMILES string of the molecule is O=C(C1CCN(c2ccc(C(=O)N3CCCC4CCCCC43)cc2)C1)N1CCC(O)CC1. The van der Waals surface area contributed by atoms with E-state index in [2.05, 4.69) is 21.9 Å². The molecule has 1 aliphatic carbocycles.